The minimum atomic E-state index is -0.312. The number of allylic oxidation sites excluding steroid dienone is 2. The Morgan fingerprint density at radius 2 is 2.25 bits per heavy atom. The van der Waals surface area contributed by atoms with E-state index in [-0.39, 0.29) is 28.5 Å². The van der Waals surface area contributed by atoms with Gasteiger partial charge in [-0.15, -0.1) is 0 Å². The molecule has 2 heterocycles. The molecule has 1 N–H and O–H groups in total. The lowest BCUT2D eigenvalue weighted by Gasteiger charge is -2.37. The van der Waals surface area contributed by atoms with Crippen LogP contribution in [0.5, 0.6) is 5.75 Å². The zero-order valence-electron chi connectivity index (χ0n) is 13.2. The van der Waals surface area contributed by atoms with Gasteiger partial charge in [0, 0.05) is 24.4 Å². The molecule has 1 aliphatic carbocycles. The Morgan fingerprint density at radius 3 is 2.96 bits per heavy atom. The van der Waals surface area contributed by atoms with Crippen LogP contribution in [0.3, 0.4) is 0 Å². The number of benzene rings is 1. The second-order valence-corrected chi connectivity index (χ2v) is 6.09. The first-order chi connectivity index (χ1) is 11.7. The summed E-state index contributed by atoms with van der Waals surface area (Å²) in [5, 5.41) is 15.0. The number of nitrogens with one attached hydrogen (secondary N) is 1. The summed E-state index contributed by atoms with van der Waals surface area (Å²) in [6, 6.07) is 7.18. The molecule has 0 spiro atoms. The predicted octanol–water partition coefficient (Wildman–Crippen LogP) is 3.82. The Hall–Kier alpha value is -2.89. The maximum atomic E-state index is 11.5. The monoisotopic (exact) mass is 323 g/mol. The number of nitro groups is 1. The van der Waals surface area contributed by atoms with Crippen molar-refractivity contribution in [2.24, 2.45) is 5.92 Å². The summed E-state index contributed by atoms with van der Waals surface area (Å²) in [6.07, 6.45) is 8.67. The SMILES string of the molecule is COc1ccc([N+](=O)[O-])c2c1NC(c1cccnc1)C1CC=CC21. The third-order valence-electron chi connectivity index (χ3n) is 4.92. The average molecular weight is 323 g/mol. The number of hydrogen-bond acceptors (Lipinski definition) is 5. The predicted molar refractivity (Wildman–Crippen MR) is 90.2 cm³/mol. The standard InChI is InChI=1S/C18H17N3O3/c1-24-15-8-7-14(21(22)23)16-12-5-2-6-13(12)17(20-18(15)16)11-4-3-9-19-10-11/h2-5,7-10,12-13,17,20H,6H2,1H3. The maximum Gasteiger partial charge on any atom is 0.275 e. The number of pyridine rings is 1. The van der Waals surface area contributed by atoms with Gasteiger partial charge < -0.3 is 10.1 Å². The lowest BCUT2D eigenvalue weighted by Crippen LogP contribution is -2.30. The first-order valence-corrected chi connectivity index (χ1v) is 7.89. The molecule has 0 fully saturated rings. The molecule has 1 aromatic carbocycles. The third-order valence-corrected chi connectivity index (χ3v) is 4.92. The second-order valence-electron chi connectivity index (χ2n) is 6.09. The molecule has 1 aromatic heterocycles. The lowest BCUT2D eigenvalue weighted by molar-refractivity contribution is -0.385. The average Bonchev–Trinajstić information content (AvgIpc) is 3.10. The van der Waals surface area contributed by atoms with Gasteiger partial charge in [0.25, 0.3) is 5.69 Å². The van der Waals surface area contributed by atoms with E-state index in [9.17, 15) is 10.1 Å². The largest absolute Gasteiger partial charge is 0.495 e. The summed E-state index contributed by atoms with van der Waals surface area (Å²) < 4.78 is 5.46. The summed E-state index contributed by atoms with van der Waals surface area (Å²) in [5.41, 5.74) is 2.66. The Bertz CT molecular complexity index is 820. The van der Waals surface area contributed by atoms with E-state index in [1.165, 1.54) is 6.07 Å². The van der Waals surface area contributed by atoms with Crippen LogP contribution >= 0.6 is 0 Å². The van der Waals surface area contributed by atoms with Crippen LogP contribution in [0.25, 0.3) is 0 Å². The van der Waals surface area contributed by atoms with Crippen molar-refractivity contribution in [1.29, 1.82) is 0 Å². The van der Waals surface area contributed by atoms with Crippen LogP contribution in [0.2, 0.25) is 0 Å². The summed E-state index contributed by atoms with van der Waals surface area (Å²) in [7, 11) is 1.58. The van der Waals surface area contributed by atoms with Gasteiger partial charge in [-0.3, -0.25) is 15.1 Å². The maximum absolute atomic E-state index is 11.5. The number of methoxy groups -OCH3 is 1. The van der Waals surface area contributed by atoms with Gasteiger partial charge in [0.1, 0.15) is 5.75 Å². The molecule has 24 heavy (non-hydrogen) atoms. The van der Waals surface area contributed by atoms with Gasteiger partial charge in [0.15, 0.2) is 0 Å². The van der Waals surface area contributed by atoms with E-state index in [1.54, 1.807) is 19.4 Å². The Labute approximate surface area is 139 Å². The zero-order valence-corrected chi connectivity index (χ0v) is 13.2. The fraction of sp³-hybridized carbons (Fsp3) is 0.278. The lowest BCUT2D eigenvalue weighted by atomic mass is 9.76. The molecular weight excluding hydrogens is 306 g/mol. The van der Waals surface area contributed by atoms with Crippen LogP contribution in [0.15, 0.2) is 48.8 Å². The summed E-state index contributed by atoms with van der Waals surface area (Å²) in [6.45, 7) is 0. The molecule has 4 rings (SSSR count). The fourth-order valence-electron chi connectivity index (χ4n) is 3.88. The van der Waals surface area contributed by atoms with Crippen LogP contribution < -0.4 is 10.1 Å². The molecule has 0 amide bonds. The minimum absolute atomic E-state index is 0.00181. The van der Waals surface area contributed by atoms with Crippen molar-refractivity contribution in [2.45, 2.75) is 18.4 Å². The number of hydrogen-bond donors (Lipinski definition) is 1. The van der Waals surface area contributed by atoms with Crippen LogP contribution in [0.1, 0.15) is 29.5 Å². The van der Waals surface area contributed by atoms with Crippen molar-refractivity contribution in [3.05, 3.63) is 70.1 Å². The number of anilines is 1. The highest BCUT2D eigenvalue weighted by Gasteiger charge is 2.42. The second kappa shape index (κ2) is 5.63. The van der Waals surface area contributed by atoms with E-state index in [0.717, 1.165) is 17.5 Å². The van der Waals surface area contributed by atoms with Crippen molar-refractivity contribution in [2.75, 3.05) is 12.4 Å². The van der Waals surface area contributed by atoms with E-state index >= 15 is 0 Å². The van der Waals surface area contributed by atoms with Crippen LogP contribution in [0, 0.1) is 16.0 Å². The molecule has 3 unspecified atom stereocenters. The van der Waals surface area contributed by atoms with E-state index in [2.05, 4.69) is 22.5 Å². The van der Waals surface area contributed by atoms with Gasteiger partial charge >= 0.3 is 0 Å². The summed E-state index contributed by atoms with van der Waals surface area (Å²) in [4.78, 5) is 15.4. The van der Waals surface area contributed by atoms with Gasteiger partial charge in [0.05, 0.1) is 29.3 Å². The minimum Gasteiger partial charge on any atom is -0.495 e. The smallest absolute Gasteiger partial charge is 0.275 e. The first kappa shape index (κ1) is 14.7. The number of rotatable bonds is 3. The van der Waals surface area contributed by atoms with E-state index < -0.39 is 0 Å². The number of ether oxygens (including phenoxy) is 1. The molecule has 0 saturated carbocycles. The van der Waals surface area contributed by atoms with E-state index in [4.69, 9.17) is 4.74 Å². The molecule has 2 aliphatic rings. The number of nitrogens with zero attached hydrogens (tertiary/aromatic N) is 2. The van der Waals surface area contributed by atoms with Crippen molar-refractivity contribution in [1.82, 2.24) is 4.98 Å². The molecule has 0 bridgehead atoms. The number of fused-ring (bicyclic) bond motifs is 3. The zero-order chi connectivity index (χ0) is 16.7. The van der Waals surface area contributed by atoms with Gasteiger partial charge in [-0.2, -0.15) is 0 Å². The van der Waals surface area contributed by atoms with E-state index in [0.29, 0.717) is 11.4 Å². The van der Waals surface area contributed by atoms with Crippen LogP contribution in [-0.2, 0) is 0 Å². The molecular formula is C18H17N3O3. The third kappa shape index (κ3) is 2.14. The van der Waals surface area contributed by atoms with Crippen molar-refractivity contribution < 1.29 is 9.66 Å². The van der Waals surface area contributed by atoms with Crippen molar-refractivity contribution in [3.8, 4) is 5.75 Å². The Balaban J connectivity index is 1.90. The highest BCUT2D eigenvalue weighted by atomic mass is 16.6. The van der Waals surface area contributed by atoms with E-state index in [1.807, 2.05) is 18.3 Å². The van der Waals surface area contributed by atoms with Crippen LogP contribution in [0.4, 0.5) is 11.4 Å². The van der Waals surface area contributed by atoms with Gasteiger partial charge in [-0.25, -0.2) is 0 Å². The fourth-order valence-corrected chi connectivity index (χ4v) is 3.88. The summed E-state index contributed by atoms with van der Waals surface area (Å²) in [5.74, 6) is 0.859. The highest BCUT2D eigenvalue weighted by Crippen LogP contribution is 2.54. The molecule has 2 aromatic rings. The molecule has 1 aliphatic heterocycles. The van der Waals surface area contributed by atoms with Gasteiger partial charge in [-0.05, 0) is 30.0 Å². The van der Waals surface area contributed by atoms with Crippen LogP contribution in [-0.4, -0.2) is 17.0 Å². The highest BCUT2D eigenvalue weighted by molar-refractivity contribution is 5.73. The van der Waals surface area contributed by atoms with Gasteiger partial charge in [0.2, 0.25) is 0 Å². The molecule has 6 nitrogen and oxygen atoms in total. The Morgan fingerprint density at radius 1 is 1.38 bits per heavy atom. The Kier molecular flexibility index (Phi) is 3.45. The molecule has 6 heteroatoms. The van der Waals surface area contributed by atoms with Crippen molar-refractivity contribution >= 4 is 11.4 Å². The molecule has 0 saturated heterocycles. The quantitative estimate of drug-likeness (QED) is 0.528. The molecule has 122 valence electrons. The van der Waals surface area contributed by atoms with Crippen molar-refractivity contribution in [3.63, 3.8) is 0 Å². The molecule has 3 atom stereocenters. The number of aromatic nitrogens is 1. The topological polar surface area (TPSA) is 77.3 Å². The normalized spacial score (nSPS) is 24.0. The number of nitro benzene ring substituents is 1. The molecule has 0 radical (unpaired) electrons. The first-order valence-electron chi connectivity index (χ1n) is 7.89. The summed E-state index contributed by atoms with van der Waals surface area (Å²) >= 11 is 0. The van der Waals surface area contributed by atoms with Gasteiger partial charge in [-0.1, -0.05) is 18.2 Å².